The van der Waals surface area contributed by atoms with Gasteiger partial charge in [0.2, 0.25) is 6.79 Å². The summed E-state index contributed by atoms with van der Waals surface area (Å²) in [4.78, 5) is 3.60. The van der Waals surface area contributed by atoms with Crippen LogP contribution in [0, 0.1) is 6.92 Å². The first-order valence-corrected chi connectivity index (χ1v) is 8.96. The molecule has 0 saturated heterocycles. The van der Waals surface area contributed by atoms with Gasteiger partial charge in [-0.15, -0.1) is 0 Å². The van der Waals surface area contributed by atoms with Crippen molar-refractivity contribution < 1.29 is 9.47 Å². The summed E-state index contributed by atoms with van der Waals surface area (Å²) in [6.45, 7) is 3.08. The van der Waals surface area contributed by atoms with E-state index in [2.05, 4.69) is 18.0 Å². The molecule has 0 radical (unpaired) electrons. The van der Waals surface area contributed by atoms with Crippen LogP contribution in [0.1, 0.15) is 24.0 Å². The summed E-state index contributed by atoms with van der Waals surface area (Å²) >= 11 is 6.55. The summed E-state index contributed by atoms with van der Waals surface area (Å²) < 4.78 is 11.0. The number of nitrogens with two attached hydrogens (primary N) is 1. The molecule has 1 aromatic heterocycles. The lowest BCUT2D eigenvalue weighted by molar-refractivity contribution is 0.174. The number of unbranched alkanes of at least 4 members (excludes halogenated alkanes) is 1. The Morgan fingerprint density at radius 1 is 1.12 bits per heavy atom. The Labute approximate surface area is 151 Å². The quantitative estimate of drug-likeness (QED) is 0.645. The number of halogens is 1. The fourth-order valence-electron chi connectivity index (χ4n) is 3.46. The van der Waals surface area contributed by atoms with E-state index < -0.39 is 0 Å². The summed E-state index contributed by atoms with van der Waals surface area (Å²) in [5, 5.41) is 1.90. The molecule has 2 aromatic carbocycles. The van der Waals surface area contributed by atoms with E-state index in [1.54, 1.807) is 0 Å². The van der Waals surface area contributed by atoms with Crippen molar-refractivity contribution in [3.8, 4) is 22.8 Å². The topological polar surface area (TPSA) is 60.3 Å². The van der Waals surface area contributed by atoms with Crippen molar-refractivity contribution >= 4 is 22.5 Å². The maximum absolute atomic E-state index is 6.55. The predicted octanol–water partition coefficient (Wildman–Crippen LogP) is 4.81. The second-order valence-corrected chi connectivity index (χ2v) is 6.81. The number of hydrogen-bond acceptors (Lipinski definition) is 3. The molecule has 25 heavy (non-hydrogen) atoms. The minimum absolute atomic E-state index is 0.278. The first-order chi connectivity index (χ1) is 12.2. The average Bonchev–Trinajstić information content (AvgIpc) is 3.23. The number of nitrogens with one attached hydrogen (secondary N) is 1. The summed E-state index contributed by atoms with van der Waals surface area (Å²) in [5.41, 5.74) is 11.4. The maximum Gasteiger partial charge on any atom is 0.231 e. The van der Waals surface area contributed by atoms with E-state index in [4.69, 9.17) is 26.8 Å². The van der Waals surface area contributed by atoms with Crippen LogP contribution in [-0.2, 0) is 6.42 Å². The van der Waals surface area contributed by atoms with Crippen molar-refractivity contribution in [3.05, 3.63) is 46.5 Å². The monoisotopic (exact) mass is 356 g/mol. The van der Waals surface area contributed by atoms with E-state index in [0.29, 0.717) is 6.54 Å². The normalized spacial score (nSPS) is 12.9. The zero-order valence-electron chi connectivity index (χ0n) is 14.2. The Morgan fingerprint density at radius 3 is 2.80 bits per heavy atom. The van der Waals surface area contributed by atoms with Gasteiger partial charge >= 0.3 is 0 Å². The van der Waals surface area contributed by atoms with Gasteiger partial charge in [-0.2, -0.15) is 0 Å². The molecule has 0 saturated carbocycles. The second-order valence-electron chi connectivity index (χ2n) is 6.41. The summed E-state index contributed by atoms with van der Waals surface area (Å²) in [6.07, 6.45) is 2.96. The van der Waals surface area contributed by atoms with Gasteiger partial charge in [0.15, 0.2) is 11.5 Å². The van der Waals surface area contributed by atoms with Gasteiger partial charge in [-0.1, -0.05) is 17.7 Å². The SMILES string of the molecule is Cc1ccc(Cl)c2c(CCCCN)c(-c3ccc4c(c3)OCO4)[nH]c12. The third kappa shape index (κ3) is 2.86. The third-order valence-electron chi connectivity index (χ3n) is 4.76. The van der Waals surface area contributed by atoms with Crippen LogP contribution < -0.4 is 15.2 Å². The molecule has 0 fully saturated rings. The maximum atomic E-state index is 6.55. The molecular weight excluding hydrogens is 336 g/mol. The van der Waals surface area contributed by atoms with Gasteiger partial charge in [0, 0.05) is 16.6 Å². The smallest absolute Gasteiger partial charge is 0.231 e. The summed E-state index contributed by atoms with van der Waals surface area (Å²) in [7, 11) is 0. The molecule has 1 aliphatic heterocycles. The second kappa shape index (κ2) is 6.62. The van der Waals surface area contributed by atoms with Crippen LogP contribution in [0.15, 0.2) is 30.3 Å². The van der Waals surface area contributed by atoms with E-state index in [9.17, 15) is 0 Å². The lowest BCUT2D eigenvalue weighted by atomic mass is 9.99. The number of aryl methyl sites for hydroxylation is 2. The molecule has 0 aliphatic carbocycles. The lowest BCUT2D eigenvalue weighted by Gasteiger charge is -2.07. The molecule has 0 bridgehead atoms. The van der Waals surface area contributed by atoms with Crippen molar-refractivity contribution in [1.29, 1.82) is 0 Å². The molecule has 2 heterocycles. The van der Waals surface area contributed by atoms with Crippen LogP contribution in [0.25, 0.3) is 22.2 Å². The molecule has 0 spiro atoms. The van der Waals surface area contributed by atoms with Crippen LogP contribution in [0.5, 0.6) is 11.5 Å². The number of H-pyrrole nitrogens is 1. The number of fused-ring (bicyclic) bond motifs is 2. The summed E-state index contributed by atoms with van der Waals surface area (Å²) in [5.74, 6) is 1.57. The van der Waals surface area contributed by atoms with Gasteiger partial charge in [-0.3, -0.25) is 0 Å². The molecule has 3 N–H and O–H groups in total. The zero-order chi connectivity index (χ0) is 17.4. The van der Waals surface area contributed by atoms with Gasteiger partial charge in [-0.05, 0) is 68.1 Å². The van der Waals surface area contributed by atoms with E-state index in [0.717, 1.165) is 57.9 Å². The van der Waals surface area contributed by atoms with E-state index in [-0.39, 0.29) is 6.79 Å². The van der Waals surface area contributed by atoms with Gasteiger partial charge < -0.3 is 20.2 Å². The van der Waals surface area contributed by atoms with Gasteiger partial charge in [0.25, 0.3) is 0 Å². The molecule has 5 heteroatoms. The van der Waals surface area contributed by atoms with Gasteiger partial charge in [0.1, 0.15) is 0 Å². The molecule has 3 aromatic rings. The van der Waals surface area contributed by atoms with Gasteiger partial charge in [-0.25, -0.2) is 0 Å². The molecule has 4 nitrogen and oxygen atoms in total. The van der Waals surface area contributed by atoms with Crippen LogP contribution in [0.2, 0.25) is 5.02 Å². The van der Waals surface area contributed by atoms with E-state index in [1.165, 1.54) is 11.1 Å². The number of ether oxygens (including phenoxy) is 2. The molecule has 0 atom stereocenters. The zero-order valence-corrected chi connectivity index (χ0v) is 15.0. The minimum Gasteiger partial charge on any atom is -0.454 e. The van der Waals surface area contributed by atoms with Crippen LogP contribution >= 0.6 is 11.6 Å². The Morgan fingerprint density at radius 2 is 1.96 bits per heavy atom. The van der Waals surface area contributed by atoms with Crippen molar-refractivity contribution in [2.45, 2.75) is 26.2 Å². The average molecular weight is 357 g/mol. The largest absolute Gasteiger partial charge is 0.454 e. The lowest BCUT2D eigenvalue weighted by Crippen LogP contribution is -1.99. The van der Waals surface area contributed by atoms with E-state index in [1.807, 2.05) is 24.3 Å². The fraction of sp³-hybridized carbons (Fsp3) is 0.300. The Balaban J connectivity index is 1.88. The number of aromatic amines is 1. The summed E-state index contributed by atoms with van der Waals surface area (Å²) in [6, 6.07) is 10.1. The molecule has 0 amide bonds. The molecule has 4 rings (SSSR count). The molecule has 130 valence electrons. The number of hydrogen-bond donors (Lipinski definition) is 2. The van der Waals surface area contributed by atoms with Crippen LogP contribution in [-0.4, -0.2) is 18.3 Å². The molecular formula is C20H21ClN2O2. The van der Waals surface area contributed by atoms with Crippen LogP contribution in [0.3, 0.4) is 0 Å². The molecule has 1 aliphatic rings. The standard InChI is InChI=1S/C20H21ClN2O2/c1-12-5-7-15(21)18-14(4-2-3-9-22)20(23-19(12)18)13-6-8-16-17(10-13)25-11-24-16/h5-8,10,23H,2-4,9,11,22H2,1H3. The number of aromatic nitrogens is 1. The van der Waals surface area contributed by atoms with Crippen LogP contribution in [0.4, 0.5) is 0 Å². The Bertz CT molecular complexity index is 933. The van der Waals surface area contributed by atoms with E-state index >= 15 is 0 Å². The van der Waals surface area contributed by atoms with Crippen molar-refractivity contribution in [2.75, 3.05) is 13.3 Å². The van der Waals surface area contributed by atoms with Crippen molar-refractivity contribution in [1.82, 2.24) is 4.98 Å². The highest BCUT2D eigenvalue weighted by atomic mass is 35.5. The Hall–Kier alpha value is -2.17. The van der Waals surface area contributed by atoms with Gasteiger partial charge in [0.05, 0.1) is 10.5 Å². The Kier molecular flexibility index (Phi) is 4.32. The first kappa shape index (κ1) is 16.3. The number of rotatable bonds is 5. The van der Waals surface area contributed by atoms with Crippen molar-refractivity contribution in [2.24, 2.45) is 5.73 Å². The highest BCUT2D eigenvalue weighted by molar-refractivity contribution is 6.36. The number of benzene rings is 2. The molecule has 0 unspecified atom stereocenters. The van der Waals surface area contributed by atoms with Crippen molar-refractivity contribution in [3.63, 3.8) is 0 Å². The third-order valence-corrected chi connectivity index (χ3v) is 5.07. The predicted molar refractivity (Wildman–Crippen MR) is 102 cm³/mol. The fourth-order valence-corrected chi connectivity index (χ4v) is 3.73. The minimum atomic E-state index is 0.278. The highest BCUT2D eigenvalue weighted by Crippen LogP contribution is 2.40. The highest BCUT2D eigenvalue weighted by Gasteiger charge is 2.19. The first-order valence-electron chi connectivity index (χ1n) is 8.59.